The average molecular weight is 270 g/mol. The monoisotopic (exact) mass is 270 g/mol. The first-order valence-corrected chi connectivity index (χ1v) is 6.64. The largest absolute Gasteiger partial charge is 0.396 e. The summed E-state index contributed by atoms with van der Waals surface area (Å²) in [6.07, 6.45) is 2.30. The van der Waals surface area contributed by atoms with E-state index in [-0.39, 0.29) is 12.5 Å². The number of aliphatic hydroxyl groups excluding tert-OH is 1. The lowest BCUT2D eigenvalue weighted by Gasteiger charge is -2.11. The molecular formula is C16H18N2O2. The van der Waals surface area contributed by atoms with Crippen LogP contribution in [-0.2, 0) is 0 Å². The van der Waals surface area contributed by atoms with E-state index in [0.717, 1.165) is 16.8 Å². The molecule has 1 amide bonds. The van der Waals surface area contributed by atoms with Gasteiger partial charge in [-0.05, 0) is 37.1 Å². The summed E-state index contributed by atoms with van der Waals surface area (Å²) in [5.74, 6) is -0.117. The van der Waals surface area contributed by atoms with Crippen molar-refractivity contribution in [2.45, 2.75) is 13.3 Å². The van der Waals surface area contributed by atoms with E-state index in [0.29, 0.717) is 18.5 Å². The van der Waals surface area contributed by atoms with Gasteiger partial charge in [0.25, 0.3) is 5.91 Å². The molecule has 1 heterocycles. The SMILES string of the molecule is Cc1c(C(=O)NCCCO)cccc1-c1ccccn1. The lowest BCUT2D eigenvalue weighted by atomic mass is 9.99. The highest BCUT2D eigenvalue weighted by atomic mass is 16.3. The first-order chi connectivity index (χ1) is 9.74. The second-order valence-electron chi connectivity index (χ2n) is 4.53. The van der Waals surface area contributed by atoms with E-state index in [9.17, 15) is 4.79 Å². The molecule has 4 heteroatoms. The third-order valence-electron chi connectivity index (χ3n) is 3.14. The van der Waals surface area contributed by atoms with Gasteiger partial charge in [0.05, 0.1) is 5.69 Å². The van der Waals surface area contributed by atoms with Crippen LogP contribution in [0.25, 0.3) is 11.3 Å². The average Bonchev–Trinajstić information content (AvgIpc) is 2.48. The van der Waals surface area contributed by atoms with Crippen molar-refractivity contribution in [3.63, 3.8) is 0 Å². The smallest absolute Gasteiger partial charge is 0.251 e. The van der Waals surface area contributed by atoms with Crippen LogP contribution < -0.4 is 5.32 Å². The number of pyridine rings is 1. The molecule has 0 unspecified atom stereocenters. The van der Waals surface area contributed by atoms with E-state index in [1.165, 1.54) is 0 Å². The van der Waals surface area contributed by atoms with Gasteiger partial charge in [-0.15, -0.1) is 0 Å². The van der Waals surface area contributed by atoms with E-state index < -0.39 is 0 Å². The van der Waals surface area contributed by atoms with Gasteiger partial charge in [-0.3, -0.25) is 9.78 Å². The number of hydrogen-bond donors (Lipinski definition) is 2. The van der Waals surface area contributed by atoms with Crippen molar-refractivity contribution in [2.24, 2.45) is 0 Å². The first-order valence-electron chi connectivity index (χ1n) is 6.64. The Bertz CT molecular complexity index is 582. The molecule has 0 saturated heterocycles. The fourth-order valence-electron chi connectivity index (χ4n) is 2.06. The fourth-order valence-corrected chi connectivity index (χ4v) is 2.06. The van der Waals surface area contributed by atoms with Crippen LogP contribution in [0, 0.1) is 6.92 Å². The summed E-state index contributed by atoms with van der Waals surface area (Å²) >= 11 is 0. The van der Waals surface area contributed by atoms with Crippen molar-refractivity contribution >= 4 is 5.91 Å². The van der Waals surface area contributed by atoms with Gasteiger partial charge in [0, 0.05) is 30.5 Å². The predicted molar refractivity (Wildman–Crippen MR) is 78.4 cm³/mol. The highest BCUT2D eigenvalue weighted by molar-refractivity contribution is 5.97. The molecule has 20 heavy (non-hydrogen) atoms. The van der Waals surface area contributed by atoms with E-state index in [2.05, 4.69) is 10.3 Å². The Kier molecular flexibility index (Phi) is 4.85. The number of amides is 1. The number of nitrogens with one attached hydrogen (secondary N) is 1. The number of carbonyl (C=O) groups excluding carboxylic acids is 1. The summed E-state index contributed by atoms with van der Waals surface area (Å²) < 4.78 is 0. The van der Waals surface area contributed by atoms with Crippen LogP contribution in [0.15, 0.2) is 42.6 Å². The number of aliphatic hydroxyl groups is 1. The summed E-state index contributed by atoms with van der Waals surface area (Å²) in [6.45, 7) is 2.47. The first kappa shape index (κ1) is 14.2. The number of benzene rings is 1. The molecule has 0 fully saturated rings. The van der Waals surface area contributed by atoms with Gasteiger partial charge >= 0.3 is 0 Å². The van der Waals surface area contributed by atoms with Crippen molar-refractivity contribution in [3.8, 4) is 11.3 Å². The van der Waals surface area contributed by atoms with Gasteiger partial charge in [-0.1, -0.05) is 18.2 Å². The highest BCUT2D eigenvalue weighted by Gasteiger charge is 2.12. The molecule has 0 aliphatic rings. The third-order valence-corrected chi connectivity index (χ3v) is 3.14. The number of hydrogen-bond acceptors (Lipinski definition) is 3. The molecule has 1 aromatic carbocycles. The number of carbonyl (C=O) groups is 1. The standard InChI is InChI=1S/C16H18N2O2/c1-12-13(15-8-2-3-9-17-15)6-4-7-14(12)16(20)18-10-5-11-19/h2-4,6-9,19H,5,10-11H2,1H3,(H,18,20). The number of aromatic nitrogens is 1. The Morgan fingerprint density at radius 2 is 2.10 bits per heavy atom. The number of nitrogens with zero attached hydrogens (tertiary/aromatic N) is 1. The van der Waals surface area contributed by atoms with Gasteiger partial charge in [-0.2, -0.15) is 0 Å². The maximum absolute atomic E-state index is 12.1. The molecule has 0 atom stereocenters. The van der Waals surface area contributed by atoms with E-state index >= 15 is 0 Å². The molecule has 2 aromatic rings. The molecule has 4 nitrogen and oxygen atoms in total. The quantitative estimate of drug-likeness (QED) is 0.818. The van der Waals surface area contributed by atoms with Crippen molar-refractivity contribution in [1.82, 2.24) is 10.3 Å². The van der Waals surface area contributed by atoms with Crippen LogP contribution >= 0.6 is 0 Å². The zero-order valence-corrected chi connectivity index (χ0v) is 11.5. The van der Waals surface area contributed by atoms with Crippen LogP contribution in [0.1, 0.15) is 22.3 Å². The van der Waals surface area contributed by atoms with E-state index in [1.807, 2.05) is 37.3 Å². The lowest BCUT2D eigenvalue weighted by Crippen LogP contribution is -2.25. The summed E-state index contributed by atoms with van der Waals surface area (Å²) in [7, 11) is 0. The molecule has 2 rings (SSSR count). The van der Waals surface area contributed by atoms with Crippen molar-refractivity contribution < 1.29 is 9.90 Å². The normalized spacial score (nSPS) is 10.3. The topological polar surface area (TPSA) is 62.2 Å². The molecule has 0 radical (unpaired) electrons. The van der Waals surface area contributed by atoms with Crippen LogP contribution in [0.3, 0.4) is 0 Å². The summed E-state index contributed by atoms with van der Waals surface area (Å²) in [6, 6.07) is 11.3. The van der Waals surface area contributed by atoms with Crippen molar-refractivity contribution in [2.75, 3.05) is 13.2 Å². The van der Waals surface area contributed by atoms with Crippen LogP contribution in [0.5, 0.6) is 0 Å². The second-order valence-corrected chi connectivity index (χ2v) is 4.53. The molecule has 0 spiro atoms. The van der Waals surface area contributed by atoms with Gasteiger partial charge in [0.15, 0.2) is 0 Å². The minimum Gasteiger partial charge on any atom is -0.396 e. The minimum absolute atomic E-state index is 0.0766. The maximum Gasteiger partial charge on any atom is 0.251 e. The van der Waals surface area contributed by atoms with Crippen LogP contribution in [0.2, 0.25) is 0 Å². The summed E-state index contributed by atoms with van der Waals surface area (Å²) in [5, 5.41) is 11.5. The zero-order valence-electron chi connectivity index (χ0n) is 11.5. The summed E-state index contributed by atoms with van der Waals surface area (Å²) in [4.78, 5) is 16.4. The molecule has 0 saturated carbocycles. The van der Waals surface area contributed by atoms with Gasteiger partial charge in [-0.25, -0.2) is 0 Å². The second kappa shape index (κ2) is 6.82. The summed E-state index contributed by atoms with van der Waals surface area (Å²) in [5.41, 5.74) is 3.37. The van der Waals surface area contributed by atoms with Gasteiger partial charge < -0.3 is 10.4 Å². The Hall–Kier alpha value is -2.20. The Labute approximate surface area is 118 Å². The molecule has 2 N–H and O–H groups in total. The van der Waals surface area contributed by atoms with Crippen LogP contribution in [0.4, 0.5) is 0 Å². The Morgan fingerprint density at radius 3 is 2.80 bits per heavy atom. The van der Waals surface area contributed by atoms with Crippen LogP contribution in [-0.4, -0.2) is 29.1 Å². The third kappa shape index (κ3) is 3.22. The molecule has 0 bridgehead atoms. The molecule has 1 aromatic heterocycles. The minimum atomic E-state index is -0.117. The number of rotatable bonds is 5. The Balaban J connectivity index is 2.26. The van der Waals surface area contributed by atoms with Gasteiger partial charge in [0.2, 0.25) is 0 Å². The predicted octanol–water partition coefficient (Wildman–Crippen LogP) is 2.17. The van der Waals surface area contributed by atoms with Gasteiger partial charge in [0.1, 0.15) is 0 Å². The highest BCUT2D eigenvalue weighted by Crippen LogP contribution is 2.23. The molecular weight excluding hydrogens is 252 g/mol. The van der Waals surface area contributed by atoms with Crippen molar-refractivity contribution in [1.29, 1.82) is 0 Å². The van der Waals surface area contributed by atoms with E-state index in [4.69, 9.17) is 5.11 Å². The Morgan fingerprint density at radius 1 is 1.25 bits per heavy atom. The lowest BCUT2D eigenvalue weighted by molar-refractivity contribution is 0.0950. The fraction of sp³-hybridized carbons (Fsp3) is 0.250. The van der Waals surface area contributed by atoms with Crippen molar-refractivity contribution in [3.05, 3.63) is 53.7 Å². The molecule has 104 valence electrons. The van der Waals surface area contributed by atoms with E-state index in [1.54, 1.807) is 12.3 Å². The molecule has 0 aliphatic heterocycles. The zero-order chi connectivity index (χ0) is 14.4. The molecule has 0 aliphatic carbocycles. The maximum atomic E-state index is 12.1.